The van der Waals surface area contributed by atoms with E-state index in [0.717, 1.165) is 36.0 Å². The number of hydrogen-bond acceptors (Lipinski definition) is 2. The smallest absolute Gasteiger partial charge is 0.224 e. The van der Waals surface area contributed by atoms with Gasteiger partial charge >= 0.3 is 0 Å². The Morgan fingerprint density at radius 2 is 1.89 bits per heavy atom. The van der Waals surface area contributed by atoms with Gasteiger partial charge in [0, 0.05) is 10.0 Å². The van der Waals surface area contributed by atoms with Crippen LogP contribution in [0.15, 0.2) is 28.7 Å². The second kappa shape index (κ2) is 7.27. The first-order chi connectivity index (χ1) is 8.57. The molecule has 0 spiro atoms. The van der Waals surface area contributed by atoms with Crippen LogP contribution in [-0.4, -0.2) is 24.5 Å². The van der Waals surface area contributed by atoms with Gasteiger partial charge in [0.05, 0.1) is 6.42 Å². The molecule has 1 amide bonds. The van der Waals surface area contributed by atoms with Gasteiger partial charge in [-0.25, -0.2) is 0 Å². The first kappa shape index (κ1) is 16.5. The van der Waals surface area contributed by atoms with Crippen molar-refractivity contribution in [2.45, 2.75) is 31.7 Å². The Morgan fingerprint density at radius 3 is 2.47 bits per heavy atom. The third-order valence-corrected chi connectivity index (χ3v) is 3.95. The molecule has 1 heterocycles. The van der Waals surface area contributed by atoms with E-state index in [2.05, 4.69) is 33.5 Å². The molecule has 0 unspecified atom stereocenters. The van der Waals surface area contributed by atoms with E-state index in [1.165, 1.54) is 0 Å². The molecule has 19 heavy (non-hydrogen) atoms. The Balaban J connectivity index is 0.00000180. The van der Waals surface area contributed by atoms with Gasteiger partial charge in [0.25, 0.3) is 0 Å². The molecule has 0 saturated carbocycles. The largest absolute Gasteiger partial charge is 0.351 e. The zero-order valence-corrected chi connectivity index (χ0v) is 13.4. The van der Waals surface area contributed by atoms with Gasteiger partial charge in [-0.15, -0.1) is 12.4 Å². The molecule has 1 aromatic rings. The summed E-state index contributed by atoms with van der Waals surface area (Å²) in [4.78, 5) is 12.0. The monoisotopic (exact) mass is 346 g/mol. The topological polar surface area (TPSA) is 41.1 Å². The number of nitrogens with one attached hydrogen (secondary N) is 2. The van der Waals surface area contributed by atoms with Crippen LogP contribution in [0, 0.1) is 0 Å². The number of piperidine rings is 1. The Kier molecular flexibility index (Phi) is 6.30. The summed E-state index contributed by atoms with van der Waals surface area (Å²) in [6, 6.07) is 7.90. The van der Waals surface area contributed by atoms with Crippen molar-refractivity contribution in [3.8, 4) is 0 Å². The van der Waals surface area contributed by atoms with Gasteiger partial charge in [-0.3, -0.25) is 4.79 Å². The lowest BCUT2D eigenvalue weighted by atomic mass is 9.90. The highest BCUT2D eigenvalue weighted by molar-refractivity contribution is 9.10. The van der Waals surface area contributed by atoms with Gasteiger partial charge in [0.2, 0.25) is 5.91 Å². The van der Waals surface area contributed by atoms with Crippen molar-refractivity contribution >= 4 is 34.2 Å². The average Bonchev–Trinajstić information content (AvgIpc) is 2.32. The van der Waals surface area contributed by atoms with Gasteiger partial charge in [-0.05, 0) is 50.6 Å². The van der Waals surface area contributed by atoms with E-state index in [-0.39, 0.29) is 23.9 Å². The lowest BCUT2D eigenvalue weighted by Gasteiger charge is -2.35. The van der Waals surface area contributed by atoms with E-state index in [1.54, 1.807) is 0 Å². The lowest BCUT2D eigenvalue weighted by Crippen LogP contribution is -2.52. The summed E-state index contributed by atoms with van der Waals surface area (Å²) in [5.41, 5.74) is 1.01. The maximum Gasteiger partial charge on any atom is 0.224 e. The van der Waals surface area contributed by atoms with E-state index < -0.39 is 0 Å². The number of benzene rings is 1. The molecular weight excluding hydrogens is 328 g/mol. The van der Waals surface area contributed by atoms with Crippen LogP contribution in [0.2, 0.25) is 0 Å². The van der Waals surface area contributed by atoms with Crippen LogP contribution in [0.4, 0.5) is 0 Å². The van der Waals surface area contributed by atoms with Crippen molar-refractivity contribution in [3.63, 3.8) is 0 Å². The number of hydrogen-bond donors (Lipinski definition) is 2. The van der Waals surface area contributed by atoms with Gasteiger partial charge in [-0.1, -0.05) is 28.1 Å². The summed E-state index contributed by atoms with van der Waals surface area (Å²) in [5.74, 6) is 0.113. The Hall–Kier alpha value is -0.580. The molecule has 0 atom stereocenters. The summed E-state index contributed by atoms with van der Waals surface area (Å²) in [7, 11) is 0. The highest BCUT2D eigenvalue weighted by Gasteiger charge is 2.27. The second-order valence-corrected chi connectivity index (χ2v) is 6.08. The van der Waals surface area contributed by atoms with Crippen molar-refractivity contribution < 1.29 is 4.79 Å². The third-order valence-electron chi connectivity index (χ3n) is 3.43. The summed E-state index contributed by atoms with van der Waals surface area (Å²) < 4.78 is 1.04. The van der Waals surface area contributed by atoms with E-state index >= 15 is 0 Å². The van der Waals surface area contributed by atoms with Crippen molar-refractivity contribution in [1.82, 2.24) is 10.6 Å². The van der Waals surface area contributed by atoms with E-state index in [9.17, 15) is 4.79 Å². The van der Waals surface area contributed by atoms with Crippen LogP contribution in [0.1, 0.15) is 25.3 Å². The number of rotatable bonds is 3. The molecule has 0 bridgehead atoms. The molecule has 1 saturated heterocycles. The van der Waals surface area contributed by atoms with Crippen molar-refractivity contribution in [2.75, 3.05) is 13.1 Å². The van der Waals surface area contributed by atoms with Crippen molar-refractivity contribution in [2.24, 2.45) is 0 Å². The molecule has 106 valence electrons. The highest BCUT2D eigenvalue weighted by Crippen LogP contribution is 2.17. The van der Waals surface area contributed by atoms with Crippen LogP contribution in [0.3, 0.4) is 0 Å². The number of amides is 1. The molecule has 5 heteroatoms. The predicted molar refractivity (Wildman–Crippen MR) is 83.7 cm³/mol. The third kappa shape index (κ3) is 5.13. The fraction of sp³-hybridized carbons (Fsp3) is 0.500. The minimum Gasteiger partial charge on any atom is -0.351 e. The van der Waals surface area contributed by atoms with Crippen LogP contribution in [0.25, 0.3) is 0 Å². The molecule has 1 aromatic carbocycles. The van der Waals surface area contributed by atoms with Gasteiger partial charge in [0.1, 0.15) is 0 Å². The summed E-state index contributed by atoms with van der Waals surface area (Å²) in [6.07, 6.45) is 2.45. The predicted octanol–water partition coefficient (Wildman–Crippen LogP) is 2.67. The van der Waals surface area contributed by atoms with E-state index in [1.807, 2.05) is 24.3 Å². The maximum absolute atomic E-state index is 12.0. The first-order valence-corrected chi connectivity index (χ1v) is 7.13. The van der Waals surface area contributed by atoms with Gasteiger partial charge in [-0.2, -0.15) is 0 Å². The average molecular weight is 348 g/mol. The fourth-order valence-electron chi connectivity index (χ4n) is 2.27. The fourth-order valence-corrected chi connectivity index (χ4v) is 2.54. The van der Waals surface area contributed by atoms with Crippen LogP contribution >= 0.6 is 28.3 Å². The summed E-state index contributed by atoms with van der Waals surface area (Å²) in [6.45, 7) is 4.09. The molecule has 1 fully saturated rings. The highest BCUT2D eigenvalue weighted by atomic mass is 79.9. The molecule has 0 radical (unpaired) electrons. The molecule has 0 aliphatic carbocycles. The molecular formula is C14H20BrClN2O. The second-order valence-electron chi connectivity index (χ2n) is 5.16. The Labute approximate surface area is 129 Å². The van der Waals surface area contributed by atoms with Gasteiger partial charge in [0.15, 0.2) is 0 Å². The van der Waals surface area contributed by atoms with Crippen molar-refractivity contribution in [1.29, 1.82) is 0 Å². The summed E-state index contributed by atoms with van der Waals surface area (Å²) in [5, 5.41) is 6.48. The zero-order valence-electron chi connectivity index (χ0n) is 11.0. The van der Waals surface area contributed by atoms with E-state index in [4.69, 9.17) is 0 Å². The minimum atomic E-state index is -0.0440. The number of carbonyl (C=O) groups is 1. The molecule has 1 aliphatic rings. The molecule has 3 nitrogen and oxygen atoms in total. The molecule has 2 N–H and O–H groups in total. The SMILES string of the molecule is CC1(NC(=O)Cc2ccc(Br)cc2)CCNCC1.Cl. The standard InChI is InChI=1S/C14H19BrN2O.ClH/c1-14(6-8-16-9-7-14)17-13(18)10-11-2-4-12(15)5-3-11;/h2-5,16H,6-10H2,1H3,(H,17,18);1H. The Bertz CT molecular complexity index is 416. The zero-order chi connectivity index (χ0) is 13.0. The van der Waals surface area contributed by atoms with Crippen LogP contribution in [-0.2, 0) is 11.2 Å². The molecule has 2 rings (SSSR count). The normalized spacial score (nSPS) is 17.4. The molecule has 0 aromatic heterocycles. The molecule has 1 aliphatic heterocycles. The van der Waals surface area contributed by atoms with Crippen molar-refractivity contribution in [3.05, 3.63) is 34.3 Å². The van der Waals surface area contributed by atoms with E-state index in [0.29, 0.717) is 6.42 Å². The maximum atomic E-state index is 12.0. The van der Waals surface area contributed by atoms with Crippen LogP contribution in [0.5, 0.6) is 0 Å². The minimum absolute atomic E-state index is 0. The quantitative estimate of drug-likeness (QED) is 0.882. The lowest BCUT2D eigenvalue weighted by molar-refractivity contribution is -0.122. The van der Waals surface area contributed by atoms with Crippen LogP contribution < -0.4 is 10.6 Å². The first-order valence-electron chi connectivity index (χ1n) is 6.34. The Morgan fingerprint density at radius 1 is 1.32 bits per heavy atom. The van der Waals surface area contributed by atoms with Gasteiger partial charge < -0.3 is 10.6 Å². The number of carbonyl (C=O) groups excluding carboxylic acids is 1. The summed E-state index contributed by atoms with van der Waals surface area (Å²) >= 11 is 3.39. The number of halogens is 2.